The van der Waals surface area contributed by atoms with Gasteiger partial charge in [0.15, 0.2) is 0 Å². The van der Waals surface area contributed by atoms with Crippen molar-refractivity contribution in [2.45, 2.75) is 32.0 Å². The molecule has 7 nitrogen and oxygen atoms in total. The molecule has 2 aliphatic rings. The molecule has 0 radical (unpaired) electrons. The Morgan fingerprint density at radius 1 is 1.12 bits per heavy atom. The second-order valence-corrected chi connectivity index (χ2v) is 6.60. The van der Waals surface area contributed by atoms with Gasteiger partial charge >= 0.3 is 0 Å². The van der Waals surface area contributed by atoms with E-state index in [1.165, 1.54) is 5.69 Å². The van der Waals surface area contributed by atoms with Gasteiger partial charge in [0.25, 0.3) is 0 Å². The summed E-state index contributed by atoms with van der Waals surface area (Å²) in [5.41, 5.74) is 1.31. The lowest BCUT2D eigenvalue weighted by atomic mass is 10.0. The van der Waals surface area contributed by atoms with Gasteiger partial charge in [-0.05, 0) is 25.0 Å². The van der Waals surface area contributed by atoms with E-state index in [1.807, 2.05) is 12.3 Å². The molecule has 0 amide bonds. The fraction of sp³-hybridized carbons (Fsp3) is 0.588. The largest absolute Gasteiger partial charge is 0.381 e. The highest BCUT2D eigenvalue weighted by Crippen LogP contribution is 2.23. The van der Waals surface area contributed by atoms with E-state index < -0.39 is 0 Å². The highest BCUT2D eigenvalue weighted by Gasteiger charge is 2.28. The molecule has 24 heavy (non-hydrogen) atoms. The first-order valence-electron chi connectivity index (χ1n) is 8.72. The quantitative estimate of drug-likeness (QED) is 0.915. The number of nitrogens with zero attached hydrogens (tertiary/aromatic N) is 5. The summed E-state index contributed by atoms with van der Waals surface area (Å²) in [6.07, 6.45) is 7.69. The summed E-state index contributed by atoms with van der Waals surface area (Å²) in [6, 6.07) is 4.58. The Bertz CT molecular complexity index is 640. The monoisotopic (exact) mass is 328 g/mol. The van der Waals surface area contributed by atoms with Crippen LogP contribution in [0.1, 0.15) is 18.5 Å². The average Bonchev–Trinajstić information content (AvgIpc) is 2.99. The molecule has 0 unspecified atom stereocenters. The van der Waals surface area contributed by atoms with Crippen LogP contribution >= 0.6 is 0 Å². The third kappa shape index (κ3) is 3.57. The lowest BCUT2D eigenvalue weighted by Crippen LogP contribution is -2.42. The highest BCUT2D eigenvalue weighted by atomic mass is 16.5. The number of ether oxygens (including phenoxy) is 1. The van der Waals surface area contributed by atoms with Gasteiger partial charge in [-0.25, -0.2) is 9.97 Å². The van der Waals surface area contributed by atoms with Gasteiger partial charge < -0.3 is 10.1 Å². The van der Waals surface area contributed by atoms with Crippen LogP contribution in [0.3, 0.4) is 0 Å². The zero-order valence-corrected chi connectivity index (χ0v) is 13.8. The Morgan fingerprint density at radius 2 is 1.96 bits per heavy atom. The lowest BCUT2D eigenvalue weighted by molar-refractivity contribution is 0.0270. The van der Waals surface area contributed by atoms with Gasteiger partial charge in [0.2, 0.25) is 5.95 Å². The van der Waals surface area contributed by atoms with Gasteiger partial charge in [0, 0.05) is 69.9 Å². The molecule has 0 saturated carbocycles. The number of aromatic nitrogens is 4. The number of fused-ring (bicyclic) bond motifs is 1. The van der Waals surface area contributed by atoms with Crippen LogP contribution in [-0.2, 0) is 17.8 Å². The van der Waals surface area contributed by atoms with Crippen LogP contribution in [0.15, 0.2) is 30.7 Å². The normalized spacial score (nSPS) is 22.8. The molecule has 2 aliphatic heterocycles. The van der Waals surface area contributed by atoms with E-state index in [0.717, 1.165) is 52.2 Å². The average molecular weight is 328 g/mol. The van der Waals surface area contributed by atoms with Crippen molar-refractivity contribution in [1.29, 1.82) is 0 Å². The van der Waals surface area contributed by atoms with Crippen LogP contribution < -0.4 is 5.32 Å². The topological polar surface area (TPSA) is 68.1 Å². The maximum absolute atomic E-state index is 5.54. The zero-order valence-electron chi connectivity index (χ0n) is 13.8. The van der Waals surface area contributed by atoms with E-state index in [2.05, 4.69) is 36.0 Å². The smallest absolute Gasteiger partial charge is 0.222 e. The van der Waals surface area contributed by atoms with Gasteiger partial charge in [-0.2, -0.15) is 5.10 Å². The Balaban J connectivity index is 1.46. The fourth-order valence-electron chi connectivity index (χ4n) is 3.65. The summed E-state index contributed by atoms with van der Waals surface area (Å²) in [7, 11) is 0. The SMILES string of the molecule is c1cnc(NC[C@@H]2CN(C3CCOCC3)Cc3ccnn3C2)nc1. The molecule has 0 spiro atoms. The molecular weight excluding hydrogens is 304 g/mol. The highest BCUT2D eigenvalue weighted by molar-refractivity contribution is 5.22. The van der Waals surface area contributed by atoms with Gasteiger partial charge in [-0.1, -0.05) is 0 Å². The summed E-state index contributed by atoms with van der Waals surface area (Å²) in [6.45, 7) is 5.57. The van der Waals surface area contributed by atoms with Crippen LogP contribution in [0, 0.1) is 5.92 Å². The Kier molecular flexibility index (Phi) is 4.71. The molecule has 0 aromatic carbocycles. The number of hydrogen-bond donors (Lipinski definition) is 1. The Morgan fingerprint density at radius 3 is 2.79 bits per heavy atom. The summed E-state index contributed by atoms with van der Waals surface area (Å²) in [5.74, 6) is 1.16. The van der Waals surface area contributed by atoms with Crippen molar-refractivity contribution >= 4 is 5.95 Å². The molecule has 4 rings (SSSR count). The van der Waals surface area contributed by atoms with E-state index in [0.29, 0.717) is 17.9 Å². The molecule has 1 saturated heterocycles. The van der Waals surface area contributed by atoms with Crippen molar-refractivity contribution in [2.24, 2.45) is 5.92 Å². The minimum absolute atomic E-state index is 0.470. The molecule has 128 valence electrons. The van der Waals surface area contributed by atoms with Gasteiger partial charge in [0.05, 0.1) is 5.69 Å². The van der Waals surface area contributed by atoms with E-state index in [-0.39, 0.29) is 0 Å². The maximum Gasteiger partial charge on any atom is 0.222 e. The number of anilines is 1. The molecule has 4 heterocycles. The molecule has 0 aliphatic carbocycles. The lowest BCUT2D eigenvalue weighted by Gasteiger charge is -2.34. The minimum atomic E-state index is 0.470. The third-order valence-electron chi connectivity index (χ3n) is 4.92. The van der Waals surface area contributed by atoms with Crippen LogP contribution in [0.2, 0.25) is 0 Å². The van der Waals surface area contributed by atoms with E-state index >= 15 is 0 Å². The molecule has 1 N–H and O–H groups in total. The fourth-order valence-corrected chi connectivity index (χ4v) is 3.65. The third-order valence-corrected chi connectivity index (χ3v) is 4.92. The zero-order chi connectivity index (χ0) is 16.2. The standard InChI is InChI=1S/C17H24N6O/c1-5-18-17(19-6-1)20-10-14-11-22(15-3-8-24-9-4-15)13-16-2-7-21-23(16)12-14/h1-2,5-7,14-15H,3-4,8-13H2,(H,18,19,20)/t14-/m1/s1. The van der Waals surface area contributed by atoms with Gasteiger partial charge in [-0.3, -0.25) is 9.58 Å². The van der Waals surface area contributed by atoms with Crippen molar-refractivity contribution in [3.05, 3.63) is 36.4 Å². The maximum atomic E-state index is 5.54. The molecule has 7 heteroatoms. The molecule has 0 bridgehead atoms. The van der Waals surface area contributed by atoms with Crippen molar-refractivity contribution in [1.82, 2.24) is 24.6 Å². The summed E-state index contributed by atoms with van der Waals surface area (Å²) in [4.78, 5) is 11.1. The minimum Gasteiger partial charge on any atom is -0.381 e. The van der Waals surface area contributed by atoms with Crippen molar-refractivity contribution in [3.63, 3.8) is 0 Å². The summed E-state index contributed by atoms with van der Waals surface area (Å²) in [5, 5.41) is 7.88. The van der Waals surface area contributed by atoms with Crippen LogP contribution in [0.5, 0.6) is 0 Å². The Labute approximate surface area is 142 Å². The van der Waals surface area contributed by atoms with Crippen molar-refractivity contribution in [3.8, 4) is 0 Å². The van der Waals surface area contributed by atoms with Crippen molar-refractivity contribution < 1.29 is 4.74 Å². The van der Waals surface area contributed by atoms with E-state index in [9.17, 15) is 0 Å². The molecule has 2 aromatic rings. The van der Waals surface area contributed by atoms with E-state index in [4.69, 9.17) is 4.74 Å². The molecule has 2 aromatic heterocycles. The van der Waals surface area contributed by atoms with E-state index in [1.54, 1.807) is 12.4 Å². The van der Waals surface area contributed by atoms with Crippen LogP contribution in [0.4, 0.5) is 5.95 Å². The van der Waals surface area contributed by atoms with Crippen LogP contribution in [0.25, 0.3) is 0 Å². The van der Waals surface area contributed by atoms with Crippen LogP contribution in [-0.4, -0.2) is 57.0 Å². The first-order chi connectivity index (χ1) is 11.9. The molecular formula is C17H24N6O. The first kappa shape index (κ1) is 15.5. The summed E-state index contributed by atoms with van der Waals surface area (Å²) < 4.78 is 7.69. The van der Waals surface area contributed by atoms with Crippen molar-refractivity contribution in [2.75, 3.05) is 31.6 Å². The summed E-state index contributed by atoms with van der Waals surface area (Å²) >= 11 is 0. The first-order valence-corrected chi connectivity index (χ1v) is 8.72. The predicted octanol–water partition coefficient (Wildman–Crippen LogP) is 1.40. The molecule has 1 fully saturated rings. The second-order valence-electron chi connectivity index (χ2n) is 6.60. The van der Waals surface area contributed by atoms with Gasteiger partial charge in [-0.15, -0.1) is 0 Å². The number of nitrogens with one attached hydrogen (secondary N) is 1. The predicted molar refractivity (Wildman–Crippen MR) is 90.5 cm³/mol. The van der Waals surface area contributed by atoms with Gasteiger partial charge in [0.1, 0.15) is 0 Å². The number of hydrogen-bond acceptors (Lipinski definition) is 6. The Hall–Kier alpha value is -1.99. The molecule has 1 atom stereocenters. The number of rotatable bonds is 4. The second kappa shape index (κ2) is 7.27.